The Labute approximate surface area is 164 Å². The lowest BCUT2D eigenvalue weighted by atomic mass is 10.1. The van der Waals surface area contributed by atoms with E-state index in [4.69, 9.17) is 27.9 Å². The van der Waals surface area contributed by atoms with Crippen LogP contribution in [0.15, 0.2) is 42.5 Å². The number of ether oxygens (including phenoxy) is 1. The predicted molar refractivity (Wildman–Crippen MR) is 105 cm³/mol. The molecule has 1 unspecified atom stereocenters. The molecule has 0 aromatic heterocycles. The summed E-state index contributed by atoms with van der Waals surface area (Å²) in [4.78, 5) is 15.0. The molecule has 1 heterocycles. The Morgan fingerprint density at radius 2 is 1.77 bits per heavy atom. The van der Waals surface area contributed by atoms with Gasteiger partial charge in [-0.2, -0.15) is 0 Å². The lowest BCUT2D eigenvalue weighted by Gasteiger charge is -2.28. The van der Waals surface area contributed by atoms with Gasteiger partial charge in [0.25, 0.3) is 5.91 Å². The van der Waals surface area contributed by atoms with Crippen LogP contribution in [-0.2, 0) is 0 Å². The van der Waals surface area contributed by atoms with Crippen LogP contribution in [0.3, 0.4) is 0 Å². The fraction of sp³-hybridized carbons (Fsp3) is 0.350. The zero-order valence-corrected chi connectivity index (χ0v) is 16.2. The first kappa shape index (κ1) is 19.0. The summed E-state index contributed by atoms with van der Waals surface area (Å²) in [6, 6.07) is 13.6. The van der Waals surface area contributed by atoms with Crippen LogP contribution in [0, 0.1) is 0 Å². The van der Waals surface area contributed by atoms with Gasteiger partial charge in [0.15, 0.2) is 5.75 Å². The first-order valence-corrected chi connectivity index (χ1v) is 9.46. The van der Waals surface area contributed by atoms with E-state index in [2.05, 4.69) is 22.3 Å². The Morgan fingerprint density at radius 3 is 2.35 bits per heavy atom. The highest BCUT2D eigenvalue weighted by Gasteiger charge is 2.24. The topological polar surface area (TPSA) is 41.6 Å². The number of carbonyl (C=O) groups is 1. The maximum absolute atomic E-state index is 12.6. The fourth-order valence-corrected chi connectivity index (χ4v) is 4.01. The monoisotopic (exact) mass is 392 g/mol. The Balaban J connectivity index is 1.73. The van der Waals surface area contributed by atoms with Gasteiger partial charge >= 0.3 is 0 Å². The van der Waals surface area contributed by atoms with E-state index in [-0.39, 0.29) is 11.9 Å². The molecule has 6 heteroatoms. The summed E-state index contributed by atoms with van der Waals surface area (Å²) in [6.45, 7) is 2.63. The van der Waals surface area contributed by atoms with Crippen LogP contribution in [0.4, 0.5) is 0 Å². The van der Waals surface area contributed by atoms with E-state index in [0.29, 0.717) is 27.9 Å². The molecule has 26 heavy (non-hydrogen) atoms. The molecule has 1 fully saturated rings. The van der Waals surface area contributed by atoms with Crippen LogP contribution in [0.25, 0.3) is 0 Å². The van der Waals surface area contributed by atoms with Gasteiger partial charge in [-0.1, -0.05) is 53.5 Å². The molecule has 4 nitrogen and oxygen atoms in total. The summed E-state index contributed by atoms with van der Waals surface area (Å²) in [5.41, 5.74) is 1.63. The Kier molecular flexibility index (Phi) is 6.41. The standard InChI is InChI=1S/C20H22Cl2N2O2/c1-26-19-16(21)11-15(12-17(19)22)20(25)23-13-18(24-9-5-6-10-24)14-7-3-2-4-8-14/h2-4,7-8,11-12,18H,5-6,9-10,13H2,1H3,(H,23,25). The van der Waals surface area contributed by atoms with Crippen molar-refractivity contribution in [2.75, 3.05) is 26.7 Å². The maximum atomic E-state index is 12.6. The third-order valence-corrected chi connectivity index (χ3v) is 5.25. The third-order valence-electron chi connectivity index (χ3n) is 4.69. The predicted octanol–water partition coefficient (Wildman–Crippen LogP) is 4.57. The average Bonchev–Trinajstić information content (AvgIpc) is 3.17. The first-order chi connectivity index (χ1) is 12.6. The lowest BCUT2D eigenvalue weighted by molar-refractivity contribution is 0.0938. The number of hydrogen-bond donors (Lipinski definition) is 1. The van der Waals surface area contributed by atoms with Gasteiger partial charge in [0.05, 0.1) is 23.2 Å². The van der Waals surface area contributed by atoms with Crippen LogP contribution >= 0.6 is 23.2 Å². The van der Waals surface area contributed by atoms with E-state index in [1.54, 1.807) is 12.1 Å². The SMILES string of the molecule is COc1c(Cl)cc(C(=O)NCC(c2ccccc2)N2CCCC2)cc1Cl. The molecule has 3 rings (SSSR count). The quantitative estimate of drug-likeness (QED) is 0.782. The Morgan fingerprint density at radius 1 is 1.15 bits per heavy atom. The molecule has 1 atom stereocenters. The molecular formula is C20H22Cl2N2O2. The molecule has 0 saturated carbocycles. The Hall–Kier alpha value is -1.75. The minimum absolute atomic E-state index is 0.159. The van der Waals surface area contributed by atoms with E-state index >= 15 is 0 Å². The minimum atomic E-state index is -0.198. The van der Waals surface area contributed by atoms with Gasteiger partial charge in [0.1, 0.15) is 0 Å². The fourth-order valence-electron chi connectivity index (χ4n) is 3.36. The highest BCUT2D eigenvalue weighted by atomic mass is 35.5. The second-order valence-corrected chi connectivity index (χ2v) is 7.17. The number of rotatable bonds is 6. The van der Waals surface area contributed by atoms with E-state index in [1.807, 2.05) is 18.2 Å². The largest absolute Gasteiger partial charge is 0.494 e. The average molecular weight is 393 g/mol. The van der Waals surface area contributed by atoms with Gasteiger partial charge in [-0.05, 0) is 43.6 Å². The molecule has 1 aliphatic heterocycles. The van der Waals surface area contributed by atoms with Crippen molar-refractivity contribution in [3.8, 4) is 5.75 Å². The number of likely N-dealkylation sites (tertiary alicyclic amines) is 1. The second kappa shape index (κ2) is 8.76. The van der Waals surface area contributed by atoms with Crippen LogP contribution in [0.5, 0.6) is 5.75 Å². The zero-order chi connectivity index (χ0) is 18.5. The summed E-state index contributed by atoms with van der Waals surface area (Å²) in [7, 11) is 1.49. The molecule has 1 saturated heterocycles. The molecule has 138 valence electrons. The summed E-state index contributed by atoms with van der Waals surface area (Å²) in [5.74, 6) is 0.181. The first-order valence-electron chi connectivity index (χ1n) is 8.70. The van der Waals surface area contributed by atoms with Crippen molar-refractivity contribution < 1.29 is 9.53 Å². The molecule has 1 N–H and O–H groups in total. The summed E-state index contributed by atoms with van der Waals surface area (Å²) >= 11 is 12.3. The van der Waals surface area contributed by atoms with Gasteiger partial charge in [0.2, 0.25) is 0 Å². The number of hydrogen-bond acceptors (Lipinski definition) is 3. The number of nitrogens with zero attached hydrogens (tertiary/aromatic N) is 1. The molecule has 2 aromatic carbocycles. The van der Waals surface area contributed by atoms with E-state index in [0.717, 1.165) is 13.1 Å². The number of benzene rings is 2. The Bertz CT molecular complexity index is 739. The molecular weight excluding hydrogens is 371 g/mol. The van der Waals surface area contributed by atoms with Crippen LogP contribution in [0.2, 0.25) is 10.0 Å². The number of nitrogens with one attached hydrogen (secondary N) is 1. The van der Waals surface area contributed by atoms with Gasteiger partial charge in [0, 0.05) is 12.1 Å². The van der Waals surface area contributed by atoms with Crippen molar-refractivity contribution in [2.24, 2.45) is 0 Å². The van der Waals surface area contributed by atoms with Gasteiger partial charge in [-0.25, -0.2) is 0 Å². The second-order valence-electron chi connectivity index (χ2n) is 6.35. The van der Waals surface area contributed by atoms with E-state index in [1.165, 1.54) is 25.5 Å². The molecule has 0 bridgehead atoms. The van der Waals surface area contributed by atoms with Crippen molar-refractivity contribution in [1.82, 2.24) is 10.2 Å². The highest BCUT2D eigenvalue weighted by molar-refractivity contribution is 6.37. The number of carbonyl (C=O) groups excluding carboxylic acids is 1. The zero-order valence-electron chi connectivity index (χ0n) is 14.7. The molecule has 2 aromatic rings. The van der Waals surface area contributed by atoms with Crippen molar-refractivity contribution in [1.29, 1.82) is 0 Å². The minimum Gasteiger partial charge on any atom is -0.494 e. The van der Waals surface area contributed by atoms with Gasteiger partial charge < -0.3 is 10.1 Å². The number of methoxy groups -OCH3 is 1. The molecule has 1 amide bonds. The van der Waals surface area contributed by atoms with E-state index in [9.17, 15) is 4.79 Å². The molecule has 0 spiro atoms. The highest BCUT2D eigenvalue weighted by Crippen LogP contribution is 2.34. The normalized spacial score (nSPS) is 15.7. The smallest absolute Gasteiger partial charge is 0.251 e. The van der Waals surface area contributed by atoms with Crippen LogP contribution in [0.1, 0.15) is 34.8 Å². The van der Waals surface area contributed by atoms with Crippen molar-refractivity contribution in [3.05, 3.63) is 63.6 Å². The summed E-state index contributed by atoms with van der Waals surface area (Å²) in [5, 5.41) is 3.67. The van der Waals surface area contributed by atoms with E-state index < -0.39 is 0 Å². The van der Waals surface area contributed by atoms with Gasteiger partial charge in [-0.3, -0.25) is 9.69 Å². The number of amides is 1. The van der Waals surface area contributed by atoms with Crippen molar-refractivity contribution >= 4 is 29.1 Å². The molecule has 0 aliphatic carbocycles. The van der Waals surface area contributed by atoms with Crippen molar-refractivity contribution in [3.63, 3.8) is 0 Å². The van der Waals surface area contributed by atoms with Crippen molar-refractivity contribution in [2.45, 2.75) is 18.9 Å². The van der Waals surface area contributed by atoms with Crippen LogP contribution < -0.4 is 10.1 Å². The lowest BCUT2D eigenvalue weighted by Crippen LogP contribution is -2.36. The van der Waals surface area contributed by atoms with Gasteiger partial charge in [-0.15, -0.1) is 0 Å². The molecule has 0 radical (unpaired) electrons. The number of halogens is 2. The molecule has 1 aliphatic rings. The summed E-state index contributed by atoms with van der Waals surface area (Å²) < 4.78 is 5.13. The maximum Gasteiger partial charge on any atom is 0.251 e. The van der Waals surface area contributed by atoms with Crippen LogP contribution in [-0.4, -0.2) is 37.6 Å². The third kappa shape index (κ3) is 4.32. The summed E-state index contributed by atoms with van der Waals surface area (Å²) in [6.07, 6.45) is 2.39.